The molecular formula is C14H20N5O5PS. The lowest BCUT2D eigenvalue weighted by molar-refractivity contribution is -0.0956. The molecule has 2 aromatic heterocycles. The first-order valence-corrected chi connectivity index (χ1v) is 10.8. The number of nitrogens with two attached hydrogens (primary N) is 1. The highest BCUT2D eigenvalue weighted by molar-refractivity contribution is 8.07. The summed E-state index contributed by atoms with van der Waals surface area (Å²) in [6, 6.07) is 0. The van der Waals surface area contributed by atoms with Crippen LogP contribution in [-0.2, 0) is 30.1 Å². The van der Waals surface area contributed by atoms with Crippen LogP contribution in [0.3, 0.4) is 0 Å². The second-order valence-electron chi connectivity index (χ2n) is 6.55. The lowest BCUT2D eigenvalue weighted by atomic mass is 10.1. The van der Waals surface area contributed by atoms with Gasteiger partial charge in [0.2, 0.25) is 0 Å². The highest BCUT2D eigenvalue weighted by atomic mass is 32.5. The number of nitrogen functional groups attached to an aromatic ring is 1. The third kappa shape index (κ3) is 2.93. The predicted molar refractivity (Wildman–Crippen MR) is 95.6 cm³/mol. The Kier molecular flexibility index (Phi) is 4.51. The van der Waals surface area contributed by atoms with Crippen LogP contribution in [0.5, 0.6) is 0 Å². The average molecular weight is 401 g/mol. The zero-order chi connectivity index (χ0) is 18.6. The molecule has 4 heterocycles. The molecule has 4 rings (SSSR count). The molecule has 12 heteroatoms. The molecule has 2 aliphatic heterocycles. The maximum atomic E-state index is 10.9. The van der Waals surface area contributed by atoms with Crippen molar-refractivity contribution in [3.63, 3.8) is 0 Å². The Hall–Kier alpha value is -1.20. The van der Waals surface area contributed by atoms with E-state index in [4.69, 9.17) is 35.8 Å². The van der Waals surface area contributed by atoms with Gasteiger partial charge in [0, 0.05) is 0 Å². The van der Waals surface area contributed by atoms with Gasteiger partial charge in [-0.3, -0.25) is 9.09 Å². The zero-order valence-electron chi connectivity index (χ0n) is 14.4. The molecule has 26 heavy (non-hydrogen) atoms. The van der Waals surface area contributed by atoms with Crippen LogP contribution in [0.25, 0.3) is 11.2 Å². The molecule has 6 atom stereocenters. The molecule has 142 valence electrons. The van der Waals surface area contributed by atoms with Crippen molar-refractivity contribution in [3.05, 3.63) is 12.7 Å². The predicted octanol–water partition coefficient (Wildman–Crippen LogP) is 1.12. The van der Waals surface area contributed by atoms with Crippen LogP contribution in [0.4, 0.5) is 5.82 Å². The van der Waals surface area contributed by atoms with E-state index in [1.807, 2.05) is 20.8 Å². The van der Waals surface area contributed by atoms with Crippen LogP contribution in [0, 0.1) is 0 Å². The molecule has 0 radical (unpaired) electrons. The van der Waals surface area contributed by atoms with E-state index in [0.29, 0.717) is 11.2 Å². The molecule has 0 aromatic carbocycles. The molecule has 0 aliphatic carbocycles. The van der Waals surface area contributed by atoms with E-state index in [2.05, 4.69) is 15.0 Å². The SMILES string of the molecule is CC(C)OP1(=S)O[C@H]2[C@@H](O)[C@H](n3cnc4c(N)ncnc43)O[C@@H]2[C@H](C)O1. The van der Waals surface area contributed by atoms with E-state index in [9.17, 15) is 5.11 Å². The van der Waals surface area contributed by atoms with Crippen molar-refractivity contribution in [2.45, 2.75) is 57.5 Å². The van der Waals surface area contributed by atoms with E-state index in [1.54, 1.807) is 4.57 Å². The van der Waals surface area contributed by atoms with Gasteiger partial charge in [0.15, 0.2) is 17.7 Å². The molecule has 3 N–H and O–H groups in total. The summed E-state index contributed by atoms with van der Waals surface area (Å²) in [5.41, 5.74) is 6.73. The number of aliphatic hydroxyl groups excluding tert-OH is 1. The summed E-state index contributed by atoms with van der Waals surface area (Å²) in [4.78, 5) is 12.3. The van der Waals surface area contributed by atoms with Gasteiger partial charge in [-0.1, -0.05) is 0 Å². The van der Waals surface area contributed by atoms with Crippen molar-refractivity contribution in [2.24, 2.45) is 0 Å². The van der Waals surface area contributed by atoms with Crippen molar-refractivity contribution in [1.82, 2.24) is 19.5 Å². The summed E-state index contributed by atoms with van der Waals surface area (Å²) < 4.78 is 25.0. The highest BCUT2D eigenvalue weighted by Crippen LogP contribution is 2.59. The van der Waals surface area contributed by atoms with Crippen molar-refractivity contribution >= 4 is 35.5 Å². The minimum absolute atomic E-state index is 0.155. The van der Waals surface area contributed by atoms with Gasteiger partial charge in [-0.2, -0.15) is 0 Å². The number of hydrogen-bond acceptors (Lipinski definition) is 10. The van der Waals surface area contributed by atoms with Gasteiger partial charge in [0.25, 0.3) is 0 Å². The smallest absolute Gasteiger partial charge is 0.328 e. The zero-order valence-corrected chi connectivity index (χ0v) is 16.1. The molecule has 2 fully saturated rings. The lowest BCUT2D eigenvalue weighted by Gasteiger charge is -2.38. The maximum Gasteiger partial charge on any atom is 0.328 e. The normalized spacial score (nSPS) is 37.3. The molecule has 0 amide bonds. The van der Waals surface area contributed by atoms with Crippen LogP contribution in [0.2, 0.25) is 0 Å². The first-order valence-electron chi connectivity index (χ1n) is 8.21. The van der Waals surface area contributed by atoms with Crippen molar-refractivity contribution in [2.75, 3.05) is 5.73 Å². The van der Waals surface area contributed by atoms with Crippen LogP contribution in [0.1, 0.15) is 27.0 Å². The third-order valence-corrected chi connectivity index (χ3v) is 6.81. The highest BCUT2D eigenvalue weighted by Gasteiger charge is 2.55. The Balaban J connectivity index is 1.66. The van der Waals surface area contributed by atoms with Gasteiger partial charge < -0.3 is 24.6 Å². The maximum absolute atomic E-state index is 10.9. The summed E-state index contributed by atoms with van der Waals surface area (Å²) in [6.07, 6.45) is -0.655. The van der Waals surface area contributed by atoms with E-state index < -0.39 is 37.4 Å². The molecule has 2 aliphatic rings. The Bertz CT molecular complexity index is 879. The minimum Gasteiger partial charge on any atom is -0.386 e. The largest absolute Gasteiger partial charge is 0.386 e. The number of aliphatic hydroxyl groups is 1. The van der Waals surface area contributed by atoms with Crippen LogP contribution < -0.4 is 5.73 Å². The number of nitrogens with zero attached hydrogens (tertiary/aromatic N) is 4. The topological polar surface area (TPSA) is 127 Å². The standard InChI is InChI=1S/C14H20N5O5PS/c1-6(2)22-25(26)23-7(3)10-11(24-25)9(20)14(21-10)19-5-18-8-12(15)16-4-17-13(8)19/h4-7,9-11,14,20H,1-3H3,(H2,15,16,17)/t7-,9+,10+,11-,14+,25?/m0/s1. The summed E-state index contributed by atoms with van der Waals surface area (Å²) in [7, 11) is 0. The van der Waals surface area contributed by atoms with Gasteiger partial charge in [0.05, 0.1) is 18.5 Å². The van der Waals surface area contributed by atoms with Crippen molar-refractivity contribution in [1.29, 1.82) is 0 Å². The Morgan fingerprint density at radius 3 is 2.81 bits per heavy atom. The average Bonchev–Trinajstić information content (AvgIpc) is 3.09. The summed E-state index contributed by atoms with van der Waals surface area (Å²) in [5, 5.41) is 10.9. The molecule has 2 saturated heterocycles. The molecule has 10 nitrogen and oxygen atoms in total. The Labute approximate surface area is 154 Å². The summed E-state index contributed by atoms with van der Waals surface area (Å²) >= 11 is 5.44. The number of aromatic nitrogens is 4. The molecule has 2 aromatic rings. The number of fused-ring (bicyclic) bond motifs is 2. The number of rotatable bonds is 3. The molecular weight excluding hydrogens is 381 g/mol. The first-order chi connectivity index (χ1) is 12.3. The summed E-state index contributed by atoms with van der Waals surface area (Å²) in [6.45, 7) is 2.56. The number of hydrogen-bond donors (Lipinski definition) is 2. The van der Waals surface area contributed by atoms with E-state index in [-0.39, 0.29) is 11.9 Å². The van der Waals surface area contributed by atoms with Crippen LogP contribution in [0.15, 0.2) is 12.7 Å². The van der Waals surface area contributed by atoms with Crippen LogP contribution in [-0.4, -0.2) is 55.1 Å². The van der Waals surface area contributed by atoms with Gasteiger partial charge in [-0.15, -0.1) is 0 Å². The second kappa shape index (κ2) is 6.45. The van der Waals surface area contributed by atoms with Crippen LogP contribution >= 0.6 is 6.72 Å². The van der Waals surface area contributed by atoms with E-state index in [0.717, 1.165) is 0 Å². The summed E-state index contributed by atoms with van der Waals surface area (Å²) in [5.74, 6) is 0.257. The fourth-order valence-electron chi connectivity index (χ4n) is 3.21. The fraction of sp³-hybridized carbons (Fsp3) is 0.643. The molecule has 1 unspecified atom stereocenters. The van der Waals surface area contributed by atoms with E-state index in [1.165, 1.54) is 12.7 Å². The lowest BCUT2D eigenvalue weighted by Crippen LogP contribution is -2.44. The number of anilines is 1. The van der Waals surface area contributed by atoms with Gasteiger partial charge in [-0.25, -0.2) is 15.0 Å². The second-order valence-corrected chi connectivity index (χ2v) is 9.42. The quantitative estimate of drug-likeness (QED) is 0.722. The Morgan fingerprint density at radius 1 is 1.31 bits per heavy atom. The van der Waals surface area contributed by atoms with E-state index >= 15 is 0 Å². The molecule has 0 saturated carbocycles. The Morgan fingerprint density at radius 2 is 2.08 bits per heavy atom. The monoisotopic (exact) mass is 401 g/mol. The van der Waals surface area contributed by atoms with Crippen molar-refractivity contribution in [3.8, 4) is 0 Å². The molecule has 0 spiro atoms. The number of ether oxygens (including phenoxy) is 1. The third-order valence-electron chi connectivity index (χ3n) is 4.26. The molecule has 0 bridgehead atoms. The van der Waals surface area contributed by atoms with Gasteiger partial charge in [0.1, 0.15) is 30.2 Å². The van der Waals surface area contributed by atoms with Gasteiger partial charge in [-0.05, 0) is 32.6 Å². The first kappa shape index (κ1) is 18.2. The minimum atomic E-state index is -2.97. The van der Waals surface area contributed by atoms with Gasteiger partial charge >= 0.3 is 6.72 Å². The van der Waals surface area contributed by atoms with Crippen molar-refractivity contribution < 1.29 is 23.4 Å². The number of imidazole rings is 1. The fourth-order valence-corrected chi connectivity index (χ4v) is 6.16.